The Bertz CT molecular complexity index is 966. The molecule has 0 aromatic rings. The normalized spacial score (nSPS) is 32.3. The van der Waals surface area contributed by atoms with Crippen molar-refractivity contribution >= 4 is 6.21 Å². The quantitative estimate of drug-likeness (QED) is 0.441. The SMILES string of the molecule is C=C/C=C\N(C)C1=CC=C(NC2=CC=CC3C2=CCC3(C)/C(C=NC)=C/C)C2CC12. The summed E-state index contributed by atoms with van der Waals surface area (Å²) in [6.45, 7) is 8.25. The van der Waals surface area contributed by atoms with E-state index in [4.69, 9.17) is 0 Å². The highest BCUT2D eigenvalue weighted by Crippen LogP contribution is 2.54. The average Bonchev–Trinajstić information content (AvgIpc) is 3.49. The van der Waals surface area contributed by atoms with Gasteiger partial charge in [-0.15, -0.1) is 0 Å². The molecule has 0 amide bonds. The van der Waals surface area contributed by atoms with Crippen molar-refractivity contribution in [3.05, 3.63) is 95.7 Å². The number of rotatable bonds is 7. The van der Waals surface area contributed by atoms with Gasteiger partial charge in [0.1, 0.15) is 0 Å². The second-order valence-corrected chi connectivity index (χ2v) is 8.83. The number of nitrogens with one attached hydrogen (secondary N) is 1. The Morgan fingerprint density at radius 3 is 2.87 bits per heavy atom. The zero-order valence-electron chi connectivity index (χ0n) is 18.6. The summed E-state index contributed by atoms with van der Waals surface area (Å²) >= 11 is 0. The summed E-state index contributed by atoms with van der Waals surface area (Å²) in [5.41, 5.74) is 6.79. The van der Waals surface area contributed by atoms with E-state index in [2.05, 4.69) is 91.4 Å². The Labute approximate surface area is 181 Å². The van der Waals surface area contributed by atoms with Gasteiger partial charge < -0.3 is 10.2 Å². The van der Waals surface area contributed by atoms with Gasteiger partial charge in [-0.25, -0.2) is 0 Å². The molecule has 4 atom stereocenters. The second-order valence-electron chi connectivity index (χ2n) is 8.83. The van der Waals surface area contributed by atoms with Crippen LogP contribution in [0.2, 0.25) is 0 Å². The maximum atomic E-state index is 4.30. The molecule has 0 aliphatic heterocycles. The highest BCUT2D eigenvalue weighted by molar-refractivity contribution is 5.81. The lowest BCUT2D eigenvalue weighted by Crippen LogP contribution is -2.30. The predicted octanol–water partition coefficient (Wildman–Crippen LogP) is 5.68. The zero-order valence-corrected chi connectivity index (χ0v) is 18.6. The molecule has 156 valence electrons. The molecule has 4 aliphatic rings. The van der Waals surface area contributed by atoms with Crippen LogP contribution in [0.15, 0.2) is 101 Å². The van der Waals surface area contributed by atoms with Gasteiger partial charge in [-0.05, 0) is 55.2 Å². The molecule has 4 unspecified atom stereocenters. The van der Waals surface area contributed by atoms with Crippen LogP contribution in [0.3, 0.4) is 0 Å². The van der Waals surface area contributed by atoms with E-state index in [0.717, 1.165) is 6.42 Å². The Morgan fingerprint density at radius 1 is 1.30 bits per heavy atom. The maximum absolute atomic E-state index is 4.30. The minimum absolute atomic E-state index is 0.0671. The maximum Gasteiger partial charge on any atom is 0.0417 e. The van der Waals surface area contributed by atoms with E-state index in [-0.39, 0.29) is 5.41 Å². The van der Waals surface area contributed by atoms with Crippen LogP contribution in [0, 0.1) is 23.2 Å². The van der Waals surface area contributed by atoms with E-state index in [1.165, 1.54) is 34.7 Å². The van der Waals surface area contributed by atoms with Crippen molar-refractivity contribution in [2.45, 2.75) is 26.7 Å². The van der Waals surface area contributed by atoms with Gasteiger partial charge >= 0.3 is 0 Å². The van der Waals surface area contributed by atoms with Gasteiger partial charge in [-0.2, -0.15) is 0 Å². The van der Waals surface area contributed by atoms with Crippen LogP contribution < -0.4 is 5.32 Å². The molecule has 0 bridgehead atoms. The van der Waals surface area contributed by atoms with Crippen LogP contribution in [-0.2, 0) is 0 Å². The number of aliphatic imine (C=N–C) groups is 1. The summed E-state index contributed by atoms with van der Waals surface area (Å²) in [5.74, 6) is 1.60. The fraction of sp³-hybridized carbons (Fsp3) is 0.370. The van der Waals surface area contributed by atoms with Gasteiger partial charge in [0.15, 0.2) is 0 Å². The Morgan fingerprint density at radius 2 is 2.13 bits per heavy atom. The minimum atomic E-state index is 0.0671. The Balaban J connectivity index is 1.52. The van der Waals surface area contributed by atoms with Gasteiger partial charge in [-0.3, -0.25) is 4.99 Å². The molecule has 3 heteroatoms. The molecule has 4 rings (SSSR count). The lowest BCUT2D eigenvalue weighted by molar-refractivity contribution is 0.365. The summed E-state index contributed by atoms with van der Waals surface area (Å²) < 4.78 is 0. The van der Waals surface area contributed by atoms with Crippen molar-refractivity contribution in [1.82, 2.24) is 10.2 Å². The van der Waals surface area contributed by atoms with E-state index in [0.29, 0.717) is 17.8 Å². The zero-order chi connectivity index (χ0) is 21.3. The number of hydrogen-bond donors (Lipinski definition) is 1. The molecule has 1 N–H and O–H groups in total. The minimum Gasteiger partial charge on any atom is -0.358 e. The average molecular weight is 400 g/mol. The molecule has 4 aliphatic carbocycles. The molecule has 0 heterocycles. The molecule has 1 saturated carbocycles. The number of nitrogens with zero attached hydrogens (tertiary/aromatic N) is 2. The molecule has 30 heavy (non-hydrogen) atoms. The molecule has 0 saturated heterocycles. The first-order valence-corrected chi connectivity index (χ1v) is 10.9. The Hall–Kier alpha value is -2.81. The first kappa shape index (κ1) is 20.5. The molecule has 1 fully saturated rings. The lowest BCUT2D eigenvalue weighted by Gasteiger charge is -2.35. The van der Waals surface area contributed by atoms with Crippen molar-refractivity contribution in [2.24, 2.45) is 28.2 Å². The summed E-state index contributed by atoms with van der Waals surface area (Å²) in [4.78, 5) is 6.52. The number of hydrogen-bond acceptors (Lipinski definition) is 3. The molecule has 0 aromatic heterocycles. The third kappa shape index (κ3) is 3.47. The van der Waals surface area contributed by atoms with Crippen LogP contribution >= 0.6 is 0 Å². The first-order chi connectivity index (χ1) is 14.5. The highest BCUT2D eigenvalue weighted by atomic mass is 15.1. The monoisotopic (exact) mass is 399 g/mol. The van der Waals surface area contributed by atoms with Crippen LogP contribution in [-0.4, -0.2) is 25.2 Å². The van der Waals surface area contributed by atoms with Crippen LogP contribution in [0.4, 0.5) is 0 Å². The summed E-state index contributed by atoms with van der Waals surface area (Å²) in [6.07, 6.45) is 26.1. The first-order valence-electron chi connectivity index (χ1n) is 10.9. The summed E-state index contributed by atoms with van der Waals surface area (Å²) in [5, 5.41) is 3.80. The van der Waals surface area contributed by atoms with E-state index in [9.17, 15) is 0 Å². The van der Waals surface area contributed by atoms with Gasteiger partial charge in [0.25, 0.3) is 0 Å². The van der Waals surface area contributed by atoms with E-state index in [1.54, 1.807) is 0 Å². The van der Waals surface area contributed by atoms with E-state index < -0.39 is 0 Å². The fourth-order valence-corrected chi connectivity index (χ4v) is 5.21. The van der Waals surface area contributed by atoms with Crippen molar-refractivity contribution in [2.75, 3.05) is 14.1 Å². The molecule has 0 spiro atoms. The van der Waals surface area contributed by atoms with E-state index >= 15 is 0 Å². The van der Waals surface area contributed by atoms with E-state index in [1.807, 2.05) is 25.4 Å². The third-order valence-corrected chi connectivity index (χ3v) is 7.02. The van der Waals surface area contributed by atoms with Gasteiger partial charge in [0.05, 0.1) is 0 Å². The summed E-state index contributed by atoms with van der Waals surface area (Å²) in [7, 11) is 3.98. The lowest BCUT2D eigenvalue weighted by atomic mass is 9.70. The number of allylic oxidation sites excluding steroid dienone is 13. The van der Waals surface area contributed by atoms with Crippen molar-refractivity contribution in [3.8, 4) is 0 Å². The highest BCUT2D eigenvalue weighted by Gasteiger charge is 2.47. The largest absolute Gasteiger partial charge is 0.358 e. The third-order valence-electron chi connectivity index (χ3n) is 7.02. The molecule has 0 aromatic carbocycles. The molecular formula is C27H33N3. The second kappa shape index (κ2) is 8.14. The topological polar surface area (TPSA) is 27.6 Å². The van der Waals surface area contributed by atoms with Crippen molar-refractivity contribution in [3.63, 3.8) is 0 Å². The van der Waals surface area contributed by atoms with Crippen molar-refractivity contribution < 1.29 is 0 Å². The molecule has 3 nitrogen and oxygen atoms in total. The predicted molar refractivity (Wildman–Crippen MR) is 128 cm³/mol. The van der Waals surface area contributed by atoms with Crippen LogP contribution in [0.25, 0.3) is 0 Å². The van der Waals surface area contributed by atoms with Gasteiger partial charge in [-0.1, -0.05) is 43.9 Å². The molecule has 0 radical (unpaired) electrons. The van der Waals surface area contributed by atoms with Crippen LogP contribution in [0.5, 0.6) is 0 Å². The summed E-state index contributed by atoms with van der Waals surface area (Å²) in [6, 6.07) is 0. The number of fused-ring (bicyclic) bond motifs is 2. The van der Waals surface area contributed by atoms with Crippen LogP contribution in [0.1, 0.15) is 26.7 Å². The standard InChI is InChI=1S/C27H33N3/c1-6-8-16-30(5)26-13-12-25(21-17-22(21)26)29-24-11-9-10-23-20(24)14-15-27(23,3)19(7-2)18-28-4/h6-14,16,18,21-23,29H,1,15,17H2,2-5H3/b16-8-,19-7+,28-18?. The van der Waals surface area contributed by atoms with Crippen molar-refractivity contribution in [1.29, 1.82) is 0 Å². The van der Waals surface area contributed by atoms with Gasteiger partial charge in [0.2, 0.25) is 0 Å². The smallest absolute Gasteiger partial charge is 0.0417 e. The Kier molecular flexibility index (Phi) is 5.55. The molecular weight excluding hydrogens is 366 g/mol. The van der Waals surface area contributed by atoms with Gasteiger partial charge in [0, 0.05) is 66.8 Å². The fourth-order valence-electron chi connectivity index (χ4n) is 5.21.